The van der Waals surface area contributed by atoms with Crippen LogP contribution in [0, 0.1) is 12.8 Å². The number of nitrogen functional groups attached to an aromatic ring is 1. The third-order valence-corrected chi connectivity index (χ3v) is 6.62. The van der Waals surface area contributed by atoms with Gasteiger partial charge < -0.3 is 31.9 Å². The first kappa shape index (κ1) is 44.2. The zero-order chi connectivity index (χ0) is 39.7. The third-order valence-electron chi connectivity index (χ3n) is 6.62. The van der Waals surface area contributed by atoms with Gasteiger partial charge in [0, 0.05) is 12.2 Å². The standard InChI is InChI=1S/C24H27F6N5O2.2C2HF3O2/c1-12-16(3-4-20(31)34-12)11-33-21(36)13(2)35-22(37)19-8-15(10-32-19)5-14-6-17(23(25,26)27)9-18(7-14)24(28,29)30;2*3-2(4,5)1(6)7/h3-4,6-7,9,13,15,19,32H,5,8,10-11H2,1-2H3,(H2,31,34)(H,33,36)(H,35,37);2*(H,6,7)/t13-,15?,19?;;/m0../s1. The minimum atomic E-state index is -5.08. The van der Waals surface area contributed by atoms with Crippen LogP contribution < -0.4 is 21.7 Å². The van der Waals surface area contributed by atoms with Crippen LogP contribution in [0.2, 0.25) is 0 Å². The summed E-state index contributed by atoms with van der Waals surface area (Å²) >= 11 is 0. The number of aromatic nitrogens is 1. The third kappa shape index (κ3) is 15.3. The molecule has 3 atom stereocenters. The van der Waals surface area contributed by atoms with Crippen molar-refractivity contribution in [1.82, 2.24) is 20.9 Å². The van der Waals surface area contributed by atoms with E-state index in [2.05, 4.69) is 20.9 Å². The maximum Gasteiger partial charge on any atom is 0.490 e. The Hall–Kier alpha value is -4.83. The van der Waals surface area contributed by atoms with Crippen LogP contribution >= 0.6 is 0 Å². The van der Waals surface area contributed by atoms with Gasteiger partial charge in [-0.25, -0.2) is 14.6 Å². The first-order valence-electron chi connectivity index (χ1n) is 13.9. The van der Waals surface area contributed by atoms with Gasteiger partial charge in [0.2, 0.25) is 11.8 Å². The molecule has 23 heteroatoms. The molecule has 286 valence electrons. The van der Waals surface area contributed by atoms with Crippen molar-refractivity contribution in [2.24, 2.45) is 5.92 Å². The van der Waals surface area contributed by atoms with Crippen molar-refractivity contribution in [3.05, 3.63) is 58.3 Å². The van der Waals surface area contributed by atoms with Gasteiger partial charge in [-0.15, -0.1) is 0 Å². The Morgan fingerprint density at radius 2 is 1.35 bits per heavy atom. The van der Waals surface area contributed by atoms with Gasteiger partial charge in [-0.2, -0.15) is 52.7 Å². The Labute approximate surface area is 279 Å². The van der Waals surface area contributed by atoms with Crippen LogP contribution in [0.25, 0.3) is 0 Å². The number of anilines is 1. The number of halogens is 12. The van der Waals surface area contributed by atoms with Crippen molar-refractivity contribution in [3.8, 4) is 0 Å². The number of nitrogens with one attached hydrogen (secondary N) is 3. The van der Waals surface area contributed by atoms with Crippen molar-refractivity contribution in [2.45, 2.75) is 70.0 Å². The average Bonchev–Trinajstić information content (AvgIpc) is 3.43. The summed E-state index contributed by atoms with van der Waals surface area (Å²) in [6.07, 6.45) is -19.9. The summed E-state index contributed by atoms with van der Waals surface area (Å²) in [5.74, 6) is -6.46. The minimum absolute atomic E-state index is 0.0746. The molecule has 1 saturated heterocycles. The number of carbonyl (C=O) groups is 4. The van der Waals surface area contributed by atoms with Gasteiger partial charge >= 0.3 is 36.6 Å². The molecule has 1 aliphatic heterocycles. The first-order chi connectivity index (χ1) is 23.0. The van der Waals surface area contributed by atoms with Crippen LogP contribution in [0.1, 0.15) is 41.3 Å². The molecule has 7 N–H and O–H groups in total. The Kier molecular flexibility index (Phi) is 15.1. The van der Waals surface area contributed by atoms with Crippen LogP contribution in [-0.4, -0.2) is 69.9 Å². The molecule has 1 aromatic heterocycles. The van der Waals surface area contributed by atoms with Crippen LogP contribution in [0.4, 0.5) is 58.5 Å². The van der Waals surface area contributed by atoms with Crippen molar-refractivity contribution in [1.29, 1.82) is 0 Å². The van der Waals surface area contributed by atoms with Crippen molar-refractivity contribution in [3.63, 3.8) is 0 Å². The number of hydrogen-bond acceptors (Lipinski definition) is 7. The summed E-state index contributed by atoms with van der Waals surface area (Å²) in [6, 6.07) is 3.20. The van der Waals surface area contributed by atoms with Crippen LogP contribution in [0.15, 0.2) is 30.3 Å². The summed E-state index contributed by atoms with van der Waals surface area (Å²) in [4.78, 5) is 46.9. The number of alkyl halides is 12. The SMILES string of the molecule is Cc1nc(N)ccc1CNC(=O)[C@H](C)NC(=O)C1CC(Cc2cc(C(F)(F)F)cc(C(F)(F)F)c2)CN1.O=C(O)C(F)(F)F.O=C(O)C(F)(F)F. The lowest BCUT2D eigenvalue weighted by Gasteiger charge is -2.18. The van der Waals surface area contributed by atoms with Crippen LogP contribution in [0.3, 0.4) is 0 Å². The monoisotopic (exact) mass is 759 g/mol. The summed E-state index contributed by atoms with van der Waals surface area (Å²) < 4.78 is 142. The van der Waals surface area contributed by atoms with Gasteiger partial charge in [0.25, 0.3) is 0 Å². The molecule has 2 heterocycles. The quantitative estimate of drug-likeness (QED) is 0.220. The van der Waals surface area contributed by atoms with E-state index in [0.717, 1.165) is 5.56 Å². The fourth-order valence-corrected chi connectivity index (χ4v) is 4.15. The fourth-order valence-electron chi connectivity index (χ4n) is 4.15. The topological polar surface area (TPSA) is 184 Å². The van der Waals surface area contributed by atoms with E-state index in [4.69, 9.17) is 25.5 Å². The zero-order valence-corrected chi connectivity index (χ0v) is 26.0. The lowest BCUT2D eigenvalue weighted by Crippen LogP contribution is -2.50. The molecule has 0 bridgehead atoms. The second kappa shape index (κ2) is 17.4. The molecule has 2 unspecified atom stereocenters. The number of carbonyl (C=O) groups excluding carboxylic acids is 2. The molecule has 1 fully saturated rings. The number of aryl methyl sites for hydroxylation is 1. The number of hydrogen-bond donors (Lipinski definition) is 6. The minimum Gasteiger partial charge on any atom is -0.475 e. The average molecular weight is 760 g/mol. The molecule has 1 aromatic carbocycles. The molecule has 1 aliphatic rings. The summed E-state index contributed by atoms with van der Waals surface area (Å²) in [5.41, 5.74) is 4.15. The number of amides is 2. The maximum atomic E-state index is 13.1. The van der Waals surface area contributed by atoms with Gasteiger partial charge in [0.05, 0.1) is 17.2 Å². The second-order valence-electron chi connectivity index (χ2n) is 10.7. The maximum absolute atomic E-state index is 13.1. The Morgan fingerprint density at radius 3 is 1.76 bits per heavy atom. The van der Waals surface area contributed by atoms with Gasteiger partial charge in [0.1, 0.15) is 11.9 Å². The summed E-state index contributed by atoms with van der Waals surface area (Å²) in [7, 11) is 0. The van der Waals surface area contributed by atoms with Crippen molar-refractivity contribution in [2.75, 3.05) is 12.3 Å². The van der Waals surface area contributed by atoms with Crippen LogP contribution in [-0.2, 0) is 44.5 Å². The molecule has 11 nitrogen and oxygen atoms in total. The van der Waals surface area contributed by atoms with E-state index in [9.17, 15) is 62.3 Å². The Bertz CT molecular complexity index is 1490. The van der Waals surface area contributed by atoms with Gasteiger partial charge in [0.15, 0.2) is 0 Å². The zero-order valence-electron chi connectivity index (χ0n) is 26.0. The highest BCUT2D eigenvalue weighted by Gasteiger charge is 2.40. The highest BCUT2D eigenvalue weighted by molar-refractivity contribution is 5.89. The number of aliphatic carboxylic acids is 2. The van der Waals surface area contributed by atoms with E-state index in [1.54, 1.807) is 19.1 Å². The van der Waals surface area contributed by atoms with E-state index < -0.39 is 71.7 Å². The number of nitrogens with zero attached hydrogens (tertiary/aromatic N) is 1. The van der Waals surface area contributed by atoms with Crippen molar-refractivity contribution < 1.29 is 82.1 Å². The molecule has 0 radical (unpaired) electrons. The molecule has 0 aliphatic carbocycles. The summed E-state index contributed by atoms with van der Waals surface area (Å²) in [6.45, 7) is 3.64. The predicted molar refractivity (Wildman–Crippen MR) is 150 cm³/mol. The number of carboxylic acids is 2. The van der Waals surface area contributed by atoms with E-state index in [0.29, 0.717) is 23.6 Å². The number of pyridine rings is 1. The highest BCUT2D eigenvalue weighted by Crippen LogP contribution is 2.37. The fraction of sp³-hybridized carbons (Fsp3) is 0.464. The number of nitrogens with two attached hydrogens (primary N) is 1. The Morgan fingerprint density at radius 1 is 0.882 bits per heavy atom. The van der Waals surface area contributed by atoms with Crippen molar-refractivity contribution >= 4 is 29.6 Å². The van der Waals surface area contributed by atoms with Gasteiger partial charge in [-0.05, 0) is 74.5 Å². The number of rotatable bonds is 7. The lowest BCUT2D eigenvalue weighted by atomic mass is 9.93. The molecule has 3 rings (SSSR count). The summed E-state index contributed by atoms with van der Waals surface area (Å²) in [5, 5.41) is 22.4. The highest BCUT2D eigenvalue weighted by atomic mass is 19.4. The van der Waals surface area contributed by atoms with Crippen LogP contribution in [0.5, 0.6) is 0 Å². The number of carboxylic acid groups (broad SMARTS) is 2. The first-order valence-corrected chi connectivity index (χ1v) is 13.9. The molecule has 51 heavy (non-hydrogen) atoms. The molecule has 0 spiro atoms. The molecule has 2 aromatic rings. The number of benzene rings is 1. The molecular weight excluding hydrogens is 730 g/mol. The Balaban J connectivity index is 0.000000780. The van der Waals surface area contributed by atoms with E-state index in [-0.39, 0.29) is 43.5 Å². The predicted octanol–water partition coefficient (Wildman–Crippen LogP) is 4.62. The van der Waals surface area contributed by atoms with E-state index >= 15 is 0 Å². The molecule has 0 saturated carbocycles. The second-order valence-corrected chi connectivity index (χ2v) is 10.7. The smallest absolute Gasteiger partial charge is 0.475 e. The van der Waals surface area contributed by atoms with Gasteiger partial charge in [-0.3, -0.25) is 9.59 Å². The molecule has 2 amide bonds. The lowest BCUT2D eigenvalue weighted by molar-refractivity contribution is -0.193. The van der Waals surface area contributed by atoms with Gasteiger partial charge in [-0.1, -0.05) is 6.07 Å². The molecular formula is C28H29F12N5O6. The normalized spacial score (nSPS) is 16.8. The van der Waals surface area contributed by atoms with E-state index in [1.165, 1.54) is 6.92 Å². The van der Waals surface area contributed by atoms with E-state index in [1.807, 2.05) is 0 Å². The largest absolute Gasteiger partial charge is 0.490 e.